The van der Waals surface area contributed by atoms with Crippen LogP contribution in [0.25, 0.3) is 16.6 Å². The molecule has 3 aromatic carbocycles. The van der Waals surface area contributed by atoms with E-state index in [4.69, 9.17) is 18.9 Å². The largest absolute Gasteiger partial charge is 1.00 e. The monoisotopic (exact) mass is 570 g/mol. The maximum Gasteiger partial charge on any atom is 1.00 e. The molecule has 0 spiro atoms. The van der Waals surface area contributed by atoms with Crippen LogP contribution in [-0.2, 0) is 11.2 Å². The molecular formula is C29H27N2NaO7S. The van der Waals surface area contributed by atoms with Gasteiger partial charge in [-0.15, -0.1) is 0 Å². The predicted octanol–water partition coefficient (Wildman–Crippen LogP) is 1.14. The van der Waals surface area contributed by atoms with Crippen LogP contribution in [0.2, 0.25) is 0 Å². The van der Waals surface area contributed by atoms with Crippen LogP contribution in [0.1, 0.15) is 35.3 Å². The SMILES string of the molecule is COc1cc(C/C(C(=O)c2ccc(OC(C)C)cc2)=C(/C(=O)[O-])c2ccc3nsnc3c2)cc(OC)c1OC.[Na+]. The Bertz CT molecular complexity index is 1520. The summed E-state index contributed by atoms with van der Waals surface area (Å²) in [7, 11) is 4.44. The summed E-state index contributed by atoms with van der Waals surface area (Å²) in [6.07, 6.45) is -0.0990. The molecule has 40 heavy (non-hydrogen) atoms. The average Bonchev–Trinajstić information content (AvgIpc) is 3.39. The smallest absolute Gasteiger partial charge is 0.545 e. The number of ether oxygens (including phenoxy) is 4. The summed E-state index contributed by atoms with van der Waals surface area (Å²) in [5, 5.41) is 12.6. The normalized spacial score (nSPS) is 11.4. The zero-order valence-electron chi connectivity index (χ0n) is 23.1. The number of benzene rings is 3. The molecule has 0 aliphatic carbocycles. The fourth-order valence-corrected chi connectivity index (χ4v) is 4.73. The van der Waals surface area contributed by atoms with Gasteiger partial charge >= 0.3 is 29.6 Å². The van der Waals surface area contributed by atoms with Crippen LogP contribution in [-0.4, -0.2) is 47.9 Å². The van der Waals surface area contributed by atoms with Crippen molar-refractivity contribution in [3.8, 4) is 23.0 Å². The molecule has 0 saturated carbocycles. The molecule has 0 amide bonds. The molecule has 0 radical (unpaired) electrons. The van der Waals surface area contributed by atoms with Crippen molar-refractivity contribution in [2.75, 3.05) is 21.3 Å². The van der Waals surface area contributed by atoms with E-state index in [-0.39, 0.29) is 58.8 Å². The van der Waals surface area contributed by atoms with Gasteiger partial charge in [-0.05, 0) is 73.5 Å². The summed E-state index contributed by atoms with van der Waals surface area (Å²) in [5.41, 5.74) is 2.07. The number of fused-ring (bicyclic) bond motifs is 1. The van der Waals surface area contributed by atoms with Crippen LogP contribution < -0.4 is 53.6 Å². The summed E-state index contributed by atoms with van der Waals surface area (Å²) in [6, 6.07) is 14.8. The molecule has 4 aromatic rings. The Morgan fingerprint density at radius 2 is 1.45 bits per heavy atom. The quantitative estimate of drug-likeness (QED) is 0.149. The molecule has 0 aliphatic rings. The van der Waals surface area contributed by atoms with Crippen LogP contribution >= 0.6 is 11.7 Å². The fourth-order valence-electron chi connectivity index (χ4n) is 4.21. The van der Waals surface area contributed by atoms with Crippen molar-refractivity contribution < 1.29 is 63.2 Å². The van der Waals surface area contributed by atoms with Gasteiger partial charge in [0.1, 0.15) is 16.8 Å². The molecule has 0 N–H and O–H groups in total. The third-order valence-corrected chi connectivity index (χ3v) is 6.47. The van der Waals surface area contributed by atoms with E-state index in [0.29, 0.717) is 45.2 Å². The third kappa shape index (κ3) is 6.82. The van der Waals surface area contributed by atoms with Crippen molar-refractivity contribution >= 4 is 40.1 Å². The average molecular weight is 571 g/mol. The van der Waals surface area contributed by atoms with Gasteiger partial charge in [0.25, 0.3) is 0 Å². The molecular weight excluding hydrogens is 543 g/mol. The van der Waals surface area contributed by atoms with Gasteiger partial charge < -0.3 is 28.8 Å². The Labute approximate surface area is 258 Å². The number of ketones is 1. The minimum atomic E-state index is -1.49. The Morgan fingerprint density at radius 3 is 2.00 bits per heavy atom. The van der Waals surface area contributed by atoms with E-state index >= 15 is 0 Å². The van der Waals surface area contributed by atoms with E-state index in [1.165, 1.54) is 21.3 Å². The van der Waals surface area contributed by atoms with Crippen LogP contribution in [0.5, 0.6) is 23.0 Å². The van der Waals surface area contributed by atoms with Gasteiger partial charge in [0, 0.05) is 23.1 Å². The minimum Gasteiger partial charge on any atom is -0.545 e. The van der Waals surface area contributed by atoms with E-state index in [0.717, 1.165) is 11.7 Å². The van der Waals surface area contributed by atoms with E-state index < -0.39 is 11.8 Å². The van der Waals surface area contributed by atoms with Crippen LogP contribution in [0, 0.1) is 0 Å². The molecule has 1 aromatic heterocycles. The summed E-state index contributed by atoms with van der Waals surface area (Å²) >= 11 is 1.02. The number of carbonyl (C=O) groups excluding carboxylic acids is 2. The van der Waals surface area contributed by atoms with Gasteiger partial charge in [-0.3, -0.25) is 4.79 Å². The molecule has 4 rings (SSSR count). The molecule has 11 heteroatoms. The van der Waals surface area contributed by atoms with Crippen molar-refractivity contribution in [2.45, 2.75) is 26.4 Å². The predicted molar refractivity (Wildman–Crippen MR) is 146 cm³/mol. The number of carboxylic acid groups (broad SMARTS) is 1. The second kappa shape index (κ2) is 13.8. The van der Waals surface area contributed by atoms with Crippen molar-refractivity contribution in [2.24, 2.45) is 0 Å². The van der Waals surface area contributed by atoms with Crippen molar-refractivity contribution in [1.29, 1.82) is 0 Å². The van der Waals surface area contributed by atoms with E-state index in [2.05, 4.69) is 8.75 Å². The van der Waals surface area contributed by atoms with Gasteiger partial charge in [-0.25, -0.2) is 0 Å². The molecule has 0 atom stereocenters. The zero-order valence-corrected chi connectivity index (χ0v) is 26.0. The van der Waals surface area contributed by atoms with Crippen LogP contribution in [0.4, 0.5) is 0 Å². The number of rotatable bonds is 11. The summed E-state index contributed by atoms with van der Waals surface area (Å²) in [6.45, 7) is 3.80. The van der Waals surface area contributed by atoms with Gasteiger partial charge in [0.2, 0.25) is 5.75 Å². The van der Waals surface area contributed by atoms with Gasteiger partial charge in [-0.2, -0.15) is 8.75 Å². The van der Waals surface area contributed by atoms with Gasteiger partial charge in [0.15, 0.2) is 17.3 Å². The third-order valence-electron chi connectivity index (χ3n) is 5.92. The van der Waals surface area contributed by atoms with Gasteiger partial charge in [0.05, 0.1) is 45.1 Å². The number of hydrogen-bond acceptors (Lipinski definition) is 10. The Hall–Kier alpha value is -3.44. The first-order chi connectivity index (χ1) is 18.7. The topological polar surface area (TPSA) is 120 Å². The van der Waals surface area contributed by atoms with Crippen LogP contribution in [0.15, 0.2) is 60.2 Å². The second-order valence-electron chi connectivity index (χ2n) is 8.84. The molecule has 0 fully saturated rings. The minimum absolute atomic E-state index is 0. The number of allylic oxidation sites excluding steroid dienone is 1. The van der Waals surface area contributed by atoms with Crippen molar-refractivity contribution in [3.05, 3.63) is 76.9 Å². The number of hydrogen-bond donors (Lipinski definition) is 0. The molecule has 202 valence electrons. The summed E-state index contributed by atoms with van der Waals surface area (Å²) in [4.78, 5) is 26.6. The maximum absolute atomic E-state index is 13.9. The van der Waals surface area contributed by atoms with E-state index in [1.807, 2.05) is 13.8 Å². The number of methoxy groups -OCH3 is 3. The van der Waals surface area contributed by atoms with Crippen molar-refractivity contribution in [1.82, 2.24) is 8.75 Å². The number of carbonyl (C=O) groups is 2. The Morgan fingerprint density at radius 1 is 0.850 bits per heavy atom. The summed E-state index contributed by atoms with van der Waals surface area (Å²) < 4.78 is 30.4. The molecule has 9 nitrogen and oxygen atoms in total. The Kier molecular flexibility index (Phi) is 10.7. The van der Waals surface area contributed by atoms with Crippen molar-refractivity contribution in [3.63, 3.8) is 0 Å². The zero-order chi connectivity index (χ0) is 28.1. The van der Waals surface area contributed by atoms with E-state index in [9.17, 15) is 14.7 Å². The first-order valence-corrected chi connectivity index (χ1v) is 12.8. The number of aliphatic carboxylic acids is 1. The standard InChI is InChI=1S/C29H28N2O7S.Na/c1-16(2)38-20-9-6-18(7-10-20)27(32)21(12-17-13-24(35-3)28(37-5)25(14-17)36-4)26(29(33)34)19-8-11-22-23(15-19)31-39-30-22;/h6-11,13-16H,12H2,1-5H3,(H,33,34);/q;+1/p-1/b26-21-;. The molecule has 0 unspecified atom stereocenters. The first kappa shape index (κ1) is 31.1. The second-order valence-corrected chi connectivity index (χ2v) is 9.37. The van der Waals surface area contributed by atoms with E-state index in [1.54, 1.807) is 54.6 Å². The maximum atomic E-state index is 13.9. The Balaban J connectivity index is 0.00000441. The molecule has 1 heterocycles. The number of Topliss-reactive ketones (excluding diaryl/α,β-unsaturated/α-hetero) is 1. The number of nitrogens with zero attached hydrogens (tertiary/aromatic N) is 2. The molecule has 0 aliphatic heterocycles. The van der Waals surface area contributed by atoms with Crippen LogP contribution in [0.3, 0.4) is 0 Å². The number of aromatic nitrogens is 2. The first-order valence-electron chi connectivity index (χ1n) is 12.0. The summed E-state index contributed by atoms with van der Waals surface area (Å²) in [5.74, 6) is -0.248. The fraction of sp³-hybridized carbons (Fsp3) is 0.241. The molecule has 0 saturated heterocycles. The molecule has 0 bridgehead atoms. The number of carboxylic acids is 1. The van der Waals surface area contributed by atoms with Gasteiger partial charge in [-0.1, -0.05) is 6.07 Å².